The summed E-state index contributed by atoms with van der Waals surface area (Å²) >= 11 is 0. The topological polar surface area (TPSA) is 75.5 Å². The second-order valence-corrected chi connectivity index (χ2v) is 5.48. The van der Waals surface area contributed by atoms with Crippen LogP contribution in [0.1, 0.15) is 18.4 Å². The summed E-state index contributed by atoms with van der Waals surface area (Å²) in [4.78, 5) is 24.5. The van der Waals surface area contributed by atoms with Gasteiger partial charge in [0.15, 0.2) is 0 Å². The Hall–Kier alpha value is -1.66. The lowest BCUT2D eigenvalue weighted by Crippen LogP contribution is -2.52. The van der Waals surface area contributed by atoms with Gasteiger partial charge in [0.05, 0.1) is 10.8 Å². The van der Waals surface area contributed by atoms with Crippen molar-refractivity contribution in [3.63, 3.8) is 0 Å². The predicted octanol–water partition coefficient (Wildman–Crippen LogP) is 1.73. The molecule has 2 aliphatic rings. The third-order valence-corrected chi connectivity index (χ3v) is 3.90. The van der Waals surface area contributed by atoms with Gasteiger partial charge < -0.3 is 10.2 Å². The first kappa shape index (κ1) is 15.7. The fourth-order valence-electron chi connectivity index (χ4n) is 2.39. The zero-order chi connectivity index (χ0) is 14.1. The van der Waals surface area contributed by atoms with Crippen molar-refractivity contribution < 1.29 is 9.72 Å². The number of nitrogens with one attached hydrogen (secondary N) is 1. The molecule has 1 aliphatic heterocycles. The van der Waals surface area contributed by atoms with Crippen molar-refractivity contribution in [2.45, 2.75) is 25.4 Å². The number of nitro groups is 1. The quantitative estimate of drug-likeness (QED) is 0.663. The van der Waals surface area contributed by atoms with Gasteiger partial charge in [0.2, 0.25) is 5.91 Å². The SMILES string of the molecule is Cl.O=C(C1CNC1)N(Cc1ccc([N+](=O)[O-])cc1)C1CC1. The van der Waals surface area contributed by atoms with E-state index in [9.17, 15) is 14.9 Å². The molecule has 1 aromatic rings. The highest BCUT2D eigenvalue weighted by Gasteiger charge is 2.37. The van der Waals surface area contributed by atoms with Crippen LogP contribution in [0.3, 0.4) is 0 Å². The number of carbonyl (C=O) groups is 1. The second-order valence-electron chi connectivity index (χ2n) is 5.48. The number of amides is 1. The Bertz CT molecular complexity index is 527. The Kier molecular flexibility index (Phi) is 4.80. The molecule has 0 radical (unpaired) electrons. The van der Waals surface area contributed by atoms with Crippen LogP contribution in [0.2, 0.25) is 0 Å². The molecule has 0 atom stereocenters. The molecule has 1 saturated carbocycles. The molecule has 0 aromatic heterocycles. The molecule has 6 nitrogen and oxygen atoms in total. The minimum absolute atomic E-state index is 0. The molecule has 21 heavy (non-hydrogen) atoms. The van der Waals surface area contributed by atoms with Crippen LogP contribution in [0.25, 0.3) is 0 Å². The summed E-state index contributed by atoms with van der Waals surface area (Å²) in [6, 6.07) is 6.82. The first-order valence-corrected chi connectivity index (χ1v) is 6.89. The Labute approximate surface area is 129 Å². The summed E-state index contributed by atoms with van der Waals surface area (Å²) in [7, 11) is 0. The minimum Gasteiger partial charge on any atom is -0.335 e. The van der Waals surface area contributed by atoms with E-state index in [1.807, 2.05) is 4.90 Å². The van der Waals surface area contributed by atoms with E-state index in [2.05, 4.69) is 5.32 Å². The lowest BCUT2D eigenvalue weighted by Gasteiger charge is -2.32. The summed E-state index contributed by atoms with van der Waals surface area (Å²) in [5, 5.41) is 13.7. The fraction of sp³-hybridized carbons (Fsp3) is 0.500. The zero-order valence-electron chi connectivity index (χ0n) is 11.5. The summed E-state index contributed by atoms with van der Waals surface area (Å²) in [5.41, 5.74) is 1.03. The van der Waals surface area contributed by atoms with E-state index in [0.29, 0.717) is 12.6 Å². The molecule has 0 bridgehead atoms. The van der Waals surface area contributed by atoms with E-state index < -0.39 is 4.92 Å². The molecule has 1 aromatic carbocycles. The maximum absolute atomic E-state index is 12.4. The van der Waals surface area contributed by atoms with Gasteiger partial charge in [-0.05, 0) is 18.4 Å². The summed E-state index contributed by atoms with van der Waals surface area (Å²) in [6.07, 6.45) is 2.14. The van der Waals surface area contributed by atoms with Crippen molar-refractivity contribution in [2.75, 3.05) is 13.1 Å². The number of hydrogen-bond acceptors (Lipinski definition) is 4. The highest BCUT2D eigenvalue weighted by Crippen LogP contribution is 2.30. The average Bonchev–Trinajstić information content (AvgIpc) is 3.18. The molecule has 0 unspecified atom stereocenters. The first-order valence-electron chi connectivity index (χ1n) is 6.89. The average molecular weight is 312 g/mol. The van der Waals surface area contributed by atoms with Crippen LogP contribution >= 0.6 is 12.4 Å². The van der Waals surface area contributed by atoms with Gasteiger partial charge in [0, 0.05) is 37.8 Å². The number of rotatable bonds is 5. The van der Waals surface area contributed by atoms with E-state index >= 15 is 0 Å². The number of hydrogen-bond donors (Lipinski definition) is 1. The Morgan fingerprint density at radius 2 is 1.90 bits per heavy atom. The van der Waals surface area contributed by atoms with Gasteiger partial charge >= 0.3 is 0 Å². The van der Waals surface area contributed by atoms with Crippen molar-refractivity contribution in [3.05, 3.63) is 39.9 Å². The van der Waals surface area contributed by atoms with Gasteiger partial charge in [0.1, 0.15) is 0 Å². The van der Waals surface area contributed by atoms with Crippen LogP contribution in [0.4, 0.5) is 5.69 Å². The molecule has 1 heterocycles. The van der Waals surface area contributed by atoms with E-state index in [1.165, 1.54) is 12.1 Å². The van der Waals surface area contributed by atoms with Gasteiger partial charge in [-0.1, -0.05) is 12.1 Å². The number of non-ortho nitro benzene ring substituents is 1. The van der Waals surface area contributed by atoms with Gasteiger partial charge in [-0.15, -0.1) is 12.4 Å². The third kappa shape index (κ3) is 3.51. The van der Waals surface area contributed by atoms with Gasteiger partial charge in [-0.2, -0.15) is 0 Å². The molecule has 2 fully saturated rings. The number of halogens is 1. The van der Waals surface area contributed by atoms with Crippen LogP contribution in [-0.4, -0.2) is 34.9 Å². The molecule has 1 aliphatic carbocycles. The van der Waals surface area contributed by atoms with E-state index in [-0.39, 0.29) is 29.9 Å². The summed E-state index contributed by atoms with van der Waals surface area (Å²) in [5.74, 6) is 0.318. The van der Waals surface area contributed by atoms with Crippen LogP contribution in [0.5, 0.6) is 0 Å². The van der Waals surface area contributed by atoms with Crippen molar-refractivity contribution in [3.8, 4) is 0 Å². The van der Waals surface area contributed by atoms with E-state index in [0.717, 1.165) is 31.5 Å². The molecule has 114 valence electrons. The smallest absolute Gasteiger partial charge is 0.269 e. The standard InChI is InChI=1S/C14H17N3O3.ClH/c18-14(11-7-15-8-11)16(12-5-6-12)9-10-1-3-13(4-2-10)17(19)20;/h1-4,11-12,15H,5-9H2;1H. The van der Waals surface area contributed by atoms with Gasteiger partial charge in [-0.3, -0.25) is 14.9 Å². The molecule has 3 rings (SSSR count). The molecule has 1 amide bonds. The molecule has 1 saturated heterocycles. The van der Waals surface area contributed by atoms with Crippen LogP contribution in [0.15, 0.2) is 24.3 Å². The Balaban J connectivity index is 0.00000161. The zero-order valence-corrected chi connectivity index (χ0v) is 12.3. The maximum atomic E-state index is 12.4. The molecule has 0 spiro atoms. The number of carbonyl (C=O) groups excluding carboxylic acids is 1. The van der Waals surface area contributed by atoms with E-state index in [1.54, 1.807) is 12.1 Å². The van der Waals surface area contributed by atoms with Crippen LogP contribution in [-0.2, 0) is 11.3 Å². The molecule has 1 N–H and O–H groups in total. The largest absolute Gasteiger partial charge is 0.335 e. The summed E-state index contributed by atoms with van der Waals surface area (Å²) in [6.45, 7) is 2.09. The monoisotopic (exact) mass is 311 g/mol. The van der Waals surface area contributed by atoms with Crippen molar-refractivity contribution >= 4 is 24.0 Å². The van der Waals surface area contributed by atoms with Crippen molar-refractivity contribution in [1.29, 1.82) is 0 Å². The minimum atomic E-state index is -0.409. The Morgan fingerprint density at radius 3 is 2.33 bits per heavy atom. The first-order chi connectivity index (χ1) is 9.65. The lowest BCUT2D eigenvalue weighted by molar-refractivity contribution is -0.384. The van der Waals surface area contributed by atoms with Gasteiger partial charge in [0.25, 0.3) is 5.69 Å². The highest BCUT2D eigenvalue weighted by molar-refractivity contribution is 5.85. The third-order valence-electron chi connectivity index (χ3n) is 3.90. The molecular weight excluding hydrogens is 294 g/mol. The normalized spacial score (nSPS) is 17.5. The van der Waals surface area contributed by atoms with E-state index in [4.69, 9.17) is 0 Å². The number of nitrogens with zero attached hydrogens (tertiary/aromatic N) is 2. The lowest BCUT2D eigenvalue weighted by atomic mass is 10.0. The highest BCUT2D eigenvalue weighted by atomic mass is 35.5. The van der Waals surface area contributed by atoms with Crippen molar-refractivity contribution in [2.24, 2.45) is 5.92 Å². The fourth-order valence-corrected chi connectivity index (χ4v) is 2.39. The second kappa shape index (κ2) is 6.41. The van der Waals surface area contributed by atoms with Crippen LogP contribution in [0, 0.1) is 16.0 Å². The summed E-state index contributed by atoms with van der Waals surface area (Å²) < 4.78 is 0. The maximum Gasteiger partial charge on any atom is 0.269 e. The number of nitro benzene ring substituents is 1. The molecule has 7 heteroatoms. The van der Waals surface area contributed by atoms with Gasteiger partial charge in [-0.25, -0.2) is 0 Å². The molecular formula is C14H18ClN3O3. The van der Waals surface area contributed by atoms with Crippen molar-refractivity contribution in [1.82, 2.24) is 10.2 Å². The number of benzene rings is 1. The predicted molar refractivity (Wildman–Crippen MR) is 80.3 cm³/mol. The van der Waals surface area contributed by atoms with Crippen LogP contribution < -0.4 is 5.32 Å². The Morgan fingerprint density at radius 1 is 1.29 bits per heavy atom.